The molecule has 0 spiro atoms. The van der Waals surface area contributed by atoms with Gasteiger partial charge in [-0.15, -0.1) is 0 Å². The van der Waals surface area contributed by atoms with Crippen molar-refractivity contribution in [2.24, 2.45) is 11.8 Å². The highest BCUT2D eigenvalue weighted by Crippen LogP contribution is 2.34. The number of anilines is 1. The molecule has 2 rings (SSSR count). The number of carboxylic acid groups (broad SMARTS) is 1. The van der Waals surface area contributed by atoms with Gasteiger partial charge in [0.2, 0.25) is 10.0 Å². The summed E-state index contributed by atoms with van der Waals surface area (Å²) >= 11 is 0. The molecule has 128 valence electrons. The average molecular weight is 340 g/mol. The van der Waals surface area contributed by atoms with Crippen LogP contribution < -0.4 is 10.0 Å². The zero-order valence-corrected chi connectivity index (χ0v) is 14.3. The van der Waals surface area contributed by atoms with Crippen LogP contribution in [0, 0.1) is 11.8 Å². The van der Waals surface area contributed by atoms with E-state index in [-0.39, 0.29) is 12.3 Å². The molecular formula is C16H24N2O4S. The van der Waals surface area contributed by atoms with Crippen molar-refractivity contribution in [1.82, 2.24) is 5.32 Å². The summed E-state index contributed by atoms with van der Waals surface area (Å²) in [6.45, 7) is 2.73. The second-order valence-corrected chi connectivity index (χ2v) is 8.10. The van der Waals surface area contributed by atoms with E-state index in [2.05, 4.69) is 17.0 Å². The van der Waals surface area contributed by atoms with E-state index in [9.17, 15) is 13.2 Å². The first-order valence-corrected chi connectivity index (χ1v) is 9.65. The van der Waals surface area contributed by atoms with E-state index < -0.39 is 16.0 Å². The lowest BCUT2D eigenvalue weighted by Crippen LogP contribution is -2.32. The molecule has 0 saturated heterocycles. The largest absolute Gasteiger partial charge is 0.481 e. The number of aliphatic carboxylic acids is 1. The van der Waals surface area contributed by atoms with Crippen molar-refractivity contribution >= 4 is 21.7 Å². The summed E-state index contributed by atoms with van der Waals surface area (Å²) in [4.78, 5) is 10.9. The third-order valence-electron chi connectivity index (χ3n) is 4.46. The topological polar surface area (TPSA) is 95.5 Å². The first-order chi connectivity index (χ1) is 10.7. The van der Waals surface area contributed by atoms with Gasteiger partial charge in [-0.1, -0.05) is 19.1 Å². The summed E-state index contributed by atoms with van der Waals surface area (Å²) in [5, 5.41) is 12.4. The second kappa shape index (κ2) is 7.31. The molecule has 0 bridgehead atoms. The van der Waals surface area contributed by atoms with Crippen molar-refractivity contribution in [3.8, 4) is 0 Å². The van der Waals surface area contributed by atoms with E-state index in [0.717, 1.165) is 24.7 Å². The summed E-state index contributed by atoms with van der Waals surface area (Å²) in [7, 11) is -3.28. The van der Waals surface area contributed by atoms with Gasteiger partial charge in [0.15, 0.2) is 0 Å². The van der Waals surface area contributed by atoms with Crippen molar-refractivity contribution in [2.45, 2.75) is 38.8 Å². The lowest BCUT2D eigenvalue weighted by atomic mass is 9.93. The van der Waals surface area contributed by atoms with E-state index >= 15 is 0 Å². The predicted molar refractivity (Wildman–Crippen MR) is 89.7 cm³/mol. The molecule has 6 nitrogen and oxygen atoms in total. The fourth-order valence-corrected chi connectivity index (χ4v) is 3.81. The molecule has 0 radical (unpaired) electrons. The maximum absolute atomic E-state index is 11.3. The Balaban J connectivity index is 1.91. The minimum Gasteiger partial charge on any atom is -0.481 e. The lowest BCUT2D eigenvalue weighted by molar-refractivity contribution is -0.138. The van der Waals surface area contributed by atoms with E-state index in [1.165, 1.54) is 0 Å². The van der Waals surface area contributed by atoms with Crippen LogP contribution in [-0.2, 0) is 21.4 Å². The fraction of sp³-hybridized carbons (Fsp3) is 0.562. The van der Waals surface area contributed by atoms with Gasteiger partial charge < -0.3 is 10.4 Å². The SMILES string of the molecule is CC1C(CC(=O)O)CCC1NCc1cccc(NS(C)(=O)=O)c1. The van der Waals surface area contributed by atoms with Gasteiger partial charge in [-0.3, -0.25) is 9.52 Å². The van der Waals surface area contributed by atoms with Gasteiger partial charge in [0.1, 0.15) is 0 Å². The van der Waals surface area contributed by atoms with Crippen LogP contribution in [0.4, 0.5) is 5.69 Å². The van der Waals surface area contributed by atoms with Crippen molar-refractivity contribution in [1.29, 1.82) is 0 Å². The van der Waals surface area contributed by atoms with Crippen LogP contribution in [0.2, 0.25) is 0 Å². The molecule has 0 amide bonds. The molecular weight excluding hydrogens is 316 g/mol. The zero-order chi connectivity index (χ0) is 17.0. The molecule has 23 heavy (non-hydrogen) atoms. The Bertz CT molecular complexity index is 660. The number of sulfonamides is 1. The Morgan fingerprint density at radius 2 is 2.09 bits per heavy atom. The maximum Gasteiger partial charge on any atom is 0.303 e. The van der Waals surface area contributed by atoms with Crippen LogP contribution in [0.1, 0.15) is 31.7 Å². The number of rotatable bonds is 7. The normalized spacial score (nSPS) is 24.5. The van der Waals surface area contributed by atoms with Crippen LogP contribution in [0.15, 0.2) is 24.3 Å². The Kier molecular flexibility index (Phi) is 5.64. The maximum atomic E-state index is 11.3. The summed E-state index contributed by atoms with van der Waals surface area (Å²) in [5.41, 5.74) is 1.54. The van der Waals surface area contributed by atoms with Gasteiger partial charge >= 0.3 is 5.97 Å². The number of benzene rings is 1. The average Bonchev–Trinajstić information content (AvgIpc) is 2.75. The Hall–Kier alpha value is -1.60. The molecule has 0 aromatic heterocycles. The highest BCUT2D eigenvalue weighted by molar-refractivity contribution is 7.92. The van der Waals surface area contributed by atoms with Crippen LogP contribution >= 0.6 is 0 Å². The number of carbonyl (C=O) groups is 1. The monoisotopic (exact) mass is 340 g/mol. The van der Waals surface area contributed by atoms with Crippen LogP contribution in [0.5, 0.6) is 0 Å². The van der Waals surface area contributed by atoms with Crippen molar-refractivity contribution in [3.05, 3.63) is 29.8 Å². The third kappa shape index (κ3) is 5.51. The minimum atomic E-state index is -3.28. The zero-order valence-electron chi connectivity index (χ0n) is 13.5. The summed E-state index contributed by atoms with van der Waals surface area (Å²) in [6, 6.07) is 7.57. The summed E-state index contributed by atoms with van der Waals surface area (Å²) < 4.78 is 25.0. The number of carboxylic acids is 1. The lowest BCUT2D eigenvalue weighted by Gasteiger charge is -2.21. The fourth-order valence-electron chi connectivity index (χ4n) is 3.26. The van der Waals surface area contributed by atoms with Gasteiger partial charge in [0.25, 0.3) is 0 Å². The van der Waals surface area contributed by atoms with Crippen molar-refractivity contribution in [3.63, 3.8) is 0 Å². The quantitative estimate of drug-likeness (QED) is 0.706. The molecule has 0 heterocycles. The van der Waals surface area contributed by atoms with Crippen LogP contribution in [-0.4, -0.2) is 31.8 Å². The Morgan fingerprint density at radius 1 is 1.35 bits per heavy atom. The summed E-state index contributed by atoms with van der Waals surface area (Å²) in [6.07, 6.45) is 3.26. The highest BCUT2D eigenvalue weighted by atomic mass is 32.2. The molecule has 1 saturated carbocycles. The van der Waals surface area contributed by atoms with Gasteiger partial charge in [0.05, 0.1) is 6.26 Å². The summed E-state index contributed by atoms with van der Waals surface area (Å²) in [5.74, 6) is -0.186. The molecule has 3 N–H and O–H groups in total. The molecule has 3 unspecified atom stereocenters. The number of hydrogen-bond donors (Lipinski definition) is 3. The molecule has 7 heteroatoms. The highest BCUT2D eigenvalue weighted by Gasteiger charge is 2.33. The molecule has 1 aromatic carbocycles. The van der Waals surface area contributed by atoms with Gasteiger partial charge in [0, 0.05) is 24.7 Å². The minimum absolute atomic E-state index is 0.225. The molecule has 1 aromatic rings. The second-order valence-electron chi connectivity index (χ2n) is 6.36. The van der Waals surface area contributed by atoms with Gasteiger partial charge in [-0.25, -0.2) is 8.42 Å². The number of hydrogen-bond acceptors (Lipinski definition) is 4. The smallest absolute Gasteiger partial charge is 0.303 e. The predicted octanol–water partition coefficient (Wildman–Crippen LogP) is 2.04. The van der Waals surface area contributed by atoms with E-state index in [4.69, 9.17) is 5.11 Å². The Morgan fingerprint density at radius 3 is 2.74 bits per heavy atom. The van der Waals surface area contributed by atoms with Crippen LogP contribution in [0.3, 0.4) is 0 Å². The van der Waals surface area contributed by atoms with Crippen molar-refractivity contribution in [2.75, 3.05) is 11.0 Å². The molecule has 3 atom stereocenters. The third-order valence-corrected chi connectivity index (χ3v) is 5.07. The molecule has 1 aliphatic rings. The Labute approximate surface area is 137 Å². The van der Waals surface area contributed by atoms with Gasteiger partial charge in [-0.2, -0.15) is 0 Å². The van der Waals surface area contributed by atoms with Crippen molar-refractivity contribution < 1.29 is 18.3 Å². The first kappa shape index (κ1) is 17.7. The molecule has 1 aliphatic carbocycles. The standard InChI is InChI=1S/C16H24N2O4S/c1-11-13(9-16(19)20)6-7-15(11)17-10-12-4-3-5-14(8-12)18-23(2,21)22/h3-5,8,11,13,15,17-18H,6-7,9-10H2,1-2H3,(H,19,20). The number of nitrogens with one attached hydrogen (secondary N) is 2. The van der Waals surface area contributed by atoms with E-state index in [1.54, 1.807) is 6.07 Å². The van der Waals surface area contributed by atoms with E-state index in [0.29, 0.717) is 24.2 Å². The van der Waals surface area contributed by atoms with Crippen LogP contribution in [0.25, 0.3) is 0 Å². The molecule has 0 aliphatic heterocycles. The first-order valence-electron chi connectivity index (χ1n) is 7.76. The molecule has 1 fully saturated rings. The van der Waals surface area contributed by atoms with Gasteiger partial charge in [-0.05, 0) is 42.4 Å². The van der Waals surface area contributed by atoms with E-state index in [1.807, 2.05) is 18.2 Å².